The molecule has 6 atom stereocenters. The van der Waals surface area contributed by atoms with E-state index in [-0.39, 0.29) is 44.8 Å². The van der Waals surface area contributed by atoms with E-state index < -0.39 is 0 Å². The Morgan fingerprint density at radius 1 is 1.05 bits per heavy atom. The van der Waals surface area contributed by atoms with E-state index >= 15 is 0 Å². The number of aliphatic hydroxyl groups excluding tert-OH is 1. The highest BCUT2D eigenvalue weighted by molar-refractivity contribution is 6.06. The summed E-state index contributed by atoms with van der Waals surface area (Å²) in [7, 11) is 0. The van der Waals surface area contributed by atoms with Crippen LogP contribution in [0.2, 0.25) is 0 Å². The third kappa shape index (κ3) is 3.62. The molecular formula is C32H45NO4. The number of carbonyl (C=O) groups excluding carboxylic acids is 2. The summed E-state index contributed by atoms with van der Waals surface area (Å²) in [6, 6.07) is 0. The number of ether oxygens (including phenoxy) is 1. The van der Waals surface area contributed by atoms with Crippen molar-refractivity contribution in [2.45, 2.75) is 105 Å². The van der Waals surface area contributed by atoms with Crippen LogP contribution in [0.4, 0.5) is 4.79 Å². The van der Waals surface area contributed by atoms with Gasteiger partial charge in [-0.25, -0.2) is 4.79 Å². The largest absolute Gasteiger partial charge is 0.504 e. The van der Waals surface area contributed by atoms with E-state index in [1.165, 1.54) is 12.0 Å². The molecule has 1 amide bonds. The zero-order chi connectivity index (χ0) is 27.0. The molecule has 0 saturated heterocycles. The second-order valence-corrected chi connectivity index (χ2v) is 13.9. The van der Waals surface area contributed by atoms with Crippen LogP contribution in [0.15, 0.2) is 46.3 Å². The van der Waals surface area contributed by atoms with Crippen LogP contribution in [0.5, 0.6) is 0 Å². The second-order valence-electron chi connectivity index (χ2n) is 13.9. The fraction of sp³-hybridized carbons (Fsp3) is 0.688. The quantitative estimate of drug-likeness (QED) is 0.415. The van der Waals surface area contributed by atoms with E-state index in [0.29, 0.717) is 18.1 Å². The lowest BCUT2D eigenvalue weighted by Gasteiger charge is -2.70. The maximum absolute atomic E-state index is 12.7. The minimum atomic E-state index is -0.291. The van der Waals surface area contributed by atoms with E-state index in [2.05, 4.69) is 52.1 Å². The van der Waals surface area contributed by atoms with Crippen LogP contribution in [0.3, 0.4) is 0 Å². The smallest absolute Gasteiger partial charge is 0.407 e. The molecule has 5 rings (SSSR count). The van der Waals surface area contributed by atoms with E-state index in [0.717, 1.165) is 56.1 Å². The van der Waals surface area contributed by atoms with Gasteiger partial charge in [-0.3, -0.25) is 4.79 Å². The molecule has 0 bridgehead atoms. The summed E-state index contributed by atoms with van der Waals surface area (Å²) in [6.07, 6.45) is 14.1. The van der Waals surface area contributed by atoms with Crippen molar-refractivity contribution >= 4 is 11.9 Å². The van der Waals surface area contributed by atoms with Crippen LogP contribution in [-0.4, -0.2) is 29.1 Å². The average molecular weight is 508 g/mol. The molecule has 0 heterocycles. The van der Waals surface area contributed by atoms with Gasteiger partial charge in [-0.1, -0.05) is 52.3 Å². The molecule has 0 aliphatic heterocycles. The summed E-state index contributed by atoms with van der Waals surface area (Å²) in [5.74, 6) is 0.0700. The number of alkyl carbamates (subject to hydrolysis) is 1. The van der Waals surface area contributed by atoms with Gasteiger partial charge < -0.3 is 15.2 Å². The highest BCUT2D eigenvalue weighted by atomic mass is 16.5. The Hall–Kier alpha value is -2.30. The van der Waals surface area contributed by atoms with Crippen molar-refractivity contribution in [3.8, 4) is 0 Å². The molecule has 202 valence electrons. The molecule has 0 aromatic heterocycles. The first-order chi connectivity index (χ1) is 17.2. The van der Waals surface area contributed by atoms with Crippen LogP contribution in [0.25, 0.3) is 0 Å². The number of ketones is 1. The maximum atomic E-state index is 12.7. The third-order valence-corrected chi connectivity index (χ3v) is 11.7. The van der Waals surface area contributed by atoms with Gasteiger partial charge in [0.2, 0.25) is 5.78 Å². The number of aliphatic hydroxyl groups is 1. The van der Waals surface area contributed by atoms with Crippen molar-refractivity contribution in [2.24, 2.45) is 27.6 Å². The Morgan fingerprint density at radius 2 is 1.76 bits per heavy atom. The molecular weight excluding hydrogens is 462 g/mol. The van der Waals surface area contributed by atoms with Gasteiger partial charge in [0.25, 0.3) is 0 Å². The number of hydrogen-bond acceptors (Lipinski definition) is 4. The summed E-state index contributed by atoms with van der Waals surface area (Å²) in [5, 5.41) is 13.6. The zero-order valence-corrected chi connectivity index (χ0v) is 23.8. The van der Waals surface area contributed by atoms with Crippen molar-refractivity contribution < 1.29 is 19.4 Å². The Bertz CT molecular complexity index is 1180. The summed E-state index contributed by atoms with van der Waals surface area (Å²) >= 11 is 0. The van der Waals surface area contributed by atoms with Crippen molar-refractivity contribution in [3.63, 3.8) is 0 Å². The summed E-state index contributed by atoms with van der Waals surface area (Å²) < 4.78 is 5.41. The molecule has 5 aliphatic carbocycles. The topological polar surface area (TPSA) is 75.6 Å². The van der Waals surface area contributed by atoms with Crippen LogP contribution < -0.4 is 5.32 Å². The number of hydrogen-bond donors (Lipinski definition) is 2. The molecule has 0 aromatic carbocycles. The molecule has 0 spiro atoms. The van der Waals surface area contributed by atoms with Crippen LogP contribution in [0.1, 0.15) is 99.8 Å². The fourth-order valence-corrected chi connectivity index (χ4v) is 9.05. The van der Waals surface area contributed by atoms with Crippen LogP contribution in [0, 0.1) is 27.6 Å². The molecule has 5 aliphatic rings. The molecule has 3 saturated carbocycles. The Labute approximate surface area is 222 Å². The first kappa shape index (κ1) is 26.3. The number of amides is 1. The van der Waals surface area contributed by atoms with E-state index in [1.807, 2.05) is 13.8 Å². The summed E-state index contributed by atoms with van der Waals surface area (Å²) in [6.45, 7) is 16.3. The monoisotopic (exact) mass is 507 g/mol. The van der Waals surface area contributed by atoms with E-state index in [4.69, 9.17) is 4.74 Å². The van der Waals surface area contributed by atoms with Crippen molar-refractivity contribution in [1.82, 2.24) is 5.32 Å². The lowest BCUT2D eigenvalue weighted by Crippen LogP contribution is -2.64. The predicted molar refractivity (Wildman–Crippen MR) is 146 cm³/mol. The molecule has 5 heteroatoms. The Balaban J connectivity index is 1.53. The number of carbonyl (C=O) groups is 2. The van der Waals surface area contributed by atoms with Gasteiger partial charge in [-0.15, -0.1) is 0 Å². The highest BCUT2D eigenvalue weighted by Crippen LogP contribution is 2.75. The van der Waals surface area contributed by atoms with Gasteiger partial charge in [0.1, 0.15) is 0 Å². The summed E-state index contributed by atoms with van der Waals surface area (Å²) in [5.41, 5.74) is 4.03. The van der Waals surface area contributed by atoms with Gasteiger partial charge in [0.15, 0.2) is 5.76 Å². The van der Waals surface area contributed by atoms with Gasteiger partial charge in [-0.2, -0.15) is 0 Å². The lowest BCUT2D eigenvalue weighted by molar-refractivity contribution is -0.153. The van der Waals surface area contributed by atoms with Crippen LogP contribution >= 0.6 is 0 Å². The number of allylic oxidation sites excluding steroid dienone is 7. The minimum absolute atomic E-state index is 0.0197. The Kier molecular flexibility index (Phi) is 5.94. The van der Waals surface area contributed by atoms with Crippen molar-refractivity contribution in [2.75, 3.05) is 6.61 Å². The second kappa shape index (κ2) is 8.35. The van der Waals surface area contributed by atoms with Gasteiger partial charge in [0, 0.05) is 16.5 Å². The molecule has 37 heavy (non-hydrogen) atoms. The van der Waals surface area contributed by atoms with Gasteiger partial charge in [-0.05, 0) is 105 Å². The zero-order valence-electron chi connectivity index (χ0n) is 23.8. The highest BCUT2D eigenvalue weighted by Gasteiger charge is 2.66. The van der Waals surface area contributed by atoms with Crippen LogP contribution in [-0.2, 0) is 9.53 Å². The molecule has 0 aromatic rings. The SMILES string of the molecule is CCCOC(=O)N[C@]1(C)CC[C@]2(C)CC[C@]3(C)C4=CC=C5C(=CC(=O)C(O)=C5C)[C@]4(C)CC[C@@]3(C)[C@@H]2C1. The molecule has 3 fully saturated rings. The van der Waals surface area contributed by atoms with Crippen molar-refractivity contribution in [1.29, 1.82) is 0 Å². The maximum Gasteiger partial charge on any atom is 0.407 e. The first-order valence-electron chi connectivity index (χ1n) is 14.3. The predicted octanol–water partition coefficient (Wildman–Crippen LogP) is 7.50. The minimum Gasteiger partial charge on any atom is -0.504 e. The number of fused-ring (bicyclic) bond motifs is 7. The van der Waals surface area contributed by atoms with Gasteiger partial charge >= 0.3 is 6.09 Å². The number of rotatable bonds is 3. The van der Waals surface area contributed by atoms with Gasteiger partial charge in [0.05, 0.1) is 6.61 Å². The van der Waals surface area contributed by atoms with E-state index in [1.54, 1.807) is 6.08 Å². The summed E-state index contributed by atoms with van der Waals surface area (Å²) in [4.78, 5) is 25.3. The normalized spacial score (nSPS) is 42.8. The lowest BCUT2D eigenvalue weighted by atomic mass is 9.35. The molecule has 5 nitrogen and oxygen atoms in total. The van der Waals surface area contributed by atoms with Crippen molar-refractivity contribution in [3.05, 3.63) is 46.3 Å². The molecule has 0 unspecified atom stereocenters. The average Bonchev–Trinajstić information content (AvgIpc) is 2.84. The molecule has 0 radical (unpaired) electrons. The molecule has 2 N–H and O–H groups in total. The Morgan fingerprint density at radius 3 is 2.46 bits per heavy atom. The first-order valence-corrected chi connectivity index (χ1v) is 14.3. The third-order valence-electron chi connectivity index (χ3n) is 11.7. The number of nitrogens with one attached hydrogen (secondary N) is 1. The standard InChI is InChI=1S/C32H45NO4/c1-8-17-37-27(36)33-29(4)13-11-28(3)12-15-31(6)24-10-9-21-20(2)26(35)23(34)18-22(21)30(24,5)14-16-32(31,7)25(28)19-29/h9-10,18,25,35H,8,11-17,19H2,1-7H3,(H,33,36)/t25-,28-,29-,30+,31-,32+/m1/s1. The van der Waals surface area contributed by atoms with E-state index in [9.17, 15) is 14.7 Å². The fourth-order valence-electron chi connectivity index (χ4n) is 9.05.